The number of hydrogen-bond donors (Lipinski definition) is 1. The number of fused-ring (bicyclic) bond motifs is 1. The first-order valence-corrected chi connectivity index (χ1v) is 11.3. The van der Waals surface area contributed by atoms with E-state index in [-0.39, 0.29) is 25.3 Å². The molecule has 0 radical (unpaired) electrons. The largest absolute Gasteiger partial charge is 0.495 e. The van der Waals surface area contributed by atoms with E-state index >= 15 is 4.39 Å². The molecule has 1 atom stereocenters. The second kappa shape index (κ2) is 11.4. The number of ether oxygens (including phenoxy) is 2. The summed E-state index contributed by atoms with van der Waals surface area (Å²) in [6, 6.07) is 18.5. The van der Waals surface area contributed by atoms with E-state index in [1.165, 1.54) is 42.0 Å². The fourth-order valence-corrected chi connectivity index (χ4v) is 3.95. The van der Waals surface area contributed by atoms with E-state index in [4.69, 9.17) is 9.47 Å². The van der Waals surface area contributed by atoms with E-state index in [1.807, 2.05) is 12.1 Å². The quantitative estimate of drug-likeness (QED) is 0.342. The molecule has 0 aliphatic carbocycles. The highest BCUT2D eigenvalue weighted by Gasteiger charge is 2.36. The predicted octanol–water partition coefficient (Wildman–Crippen LogP) is 3.12. The van der Waals surface area contributed by atoms with Crippen molar-refractivity contribution >= 4 is 28.5 Å². The van der Waals surface area contributed by atoms with Gasteiger partial charge in [-0.2, -0.15) is 0 Å². The molecule has 0 saturated heterocycles. The zero-order chi connectivity index (χ0) is 25.5. The lowest BCUT2D eigenvalue weighted by Crippen LogP contribution is -2.46. The van der Waals surface area contributed by atoms with E-state index in [9.17, 15) is 9.59 Å². The van der Waals surface area contributed by atoms with Crippen molar-refractivity contribution in [2.45, 2.75) is 12.6 Å². The Hall–Kier alpha value is -4.31. The van der Waals surface area contributed by atoms with Crippen molar-refractivity contribution in [1.82, 2.24) is 20.3 Å². The maximum Gasteiger partial charge on any atom is 0.249 e. The number of benzene rings is 3. The van der Waals surface area contributed by atoms with Crippen molar-refractivity contribution in [2.75, 3.05) is 32.3 Å². The molecule has 4 rings (SSSR count). The van der Waals surface area contributed by atoms with Gasteiger partial charge in [0.05, 0.1) is 24.9 Å². The van der Waals surface area contributed by atoms with Gasteiger partial charge in [-0.1, -0.05) is 47.7 Å². The summed E-state index contributed by atoms with van der Waals surface area (Å²) in [6.07, 6.45) is 0. The van der Waals surface area contributed by atoms with E-state index in [0.717, 1.165) is 0 Å². The van der Waals surface area contributed by atoms with Crippen molar-refractivity contribution < 1.29 is 23.5 Å². The molecular weight excluding hydrogens is 465 g/mol. The van der Waals surface area contributed by atoms with Crippen LogP contribution in [0.2, 0.25) is 0 Å². The molecule has 2 amide bonds. The molecular formula is C26H26FN5O4. The van der Waals surface area contributed by atoms with Gasteiger partial charge >= 0.3 is 0 Å². The third-order valence-electron chi connectivity index (χ3n) is 5.63. The summed E-state index contributed by atoms with van der Waals surface area (Å²) in [5, 5.41) is 11.0. The van der Waals surface area contributed by atoms with Crippen molar-refractivity contribution in [3.63, 3.8) is 0 Å². The van der Waals surface area contributed by atoms with Crippen LogP contribution in [-0.2, 0) is 20.9 Å². The monoisotopic (exact) mass is 491 g/mol. The van der Waals surface area contributed by atoms with Gasteiger partial charge in [-0.15, -0.1) is 5.10 Å². The normalized spacial score (nSPS) is 11.8. The van der Waals surface area contributed by atoms with Crippen molar-refractivity contribution in [1.29, 1.82) is 0 Å². The summed E-state index contributed by atoms with van der Waals surface area (Å²) >= 11 is 0. The number of rotatable bonds is 10. The van der Waals surface area contributed by atoms with Gasteiger partial charge in [0.1, 0.15) is 29.7 Å². The molecule has 1 aromatic heterocycles. The minimum absolute atomic E-state index is 0.0371. The first kappa shape index (κ1) is 24.8. The first-order valence-electron chi connectivity index (χ1n) is 11.3. The highest BCUT2D eigenvalue weighted by Crippen LogP contribution is 2.36. The van der Waals surface area contributed by atoms with Gasteiger partial charge in [0, 0.05) is 19.2 Å². The number of carbonyl (C=O) groups excluding carboxylic acids is 2. The molecule has 0 spiro atoms. The van der Waals surface area contributed by atoms with Crippen LogP contribution >= 0.6 is 0 Å². The molecule has 9 nitrogen and oxygen atoms in total. The lowest BCUT2D eigenvalue weighted by atomic mass is 10.0. The number of nitrogens with zero attached hydrogens (tertiary/aromatic N) is 4. The Labute approximate surface area is 207 Å². The number of methoxy groups -OCH3 is 2. The molecule has 0 aliphatic rings. The zero-order valence-corrected chi connectivity index (χ0v) is 19.9. The third-order valence-corrected chi connectivity index (χ3v) is 5.63. The van der Waals surface area contributed by atoms with Gasteiger partial charge in [0.2, 0.25) is 11.8 Å². The molecule has 36 heavy (non-hydrogen) atoms. The second-order valence-electron chi connectivity index (χ2n) is 7.88. The molecule has 0 unspecified atom stereocenters. The Morgan fingerprint density at radius 1 is 1.03 bits per heavy atom. The fourth-order valence-electron chi connectivity index (χ4n) is 3.95. The molecule has 0 fully saturated rings. The molecule has 0 bridgehead atoms. The van der Waals surface area contributed by atoms with Crippen LogP contribution in [0.15, 0.2) is 72.8 Å². The Morgan fingerprint density at radius 3 is 2.53 bits per heavy atom. The van der Waals surface area contributed by atoms with Crippen LogP contribution in [0, 0.1) is 5.82 Å². The summed E-state index contributed by atoms with van der Waals surface area (Å²) in [5.74, 6) is -1.35. The van der Waals surface area contributed by atoms with Gasteiger partial charge < -0.3 is 14.8 Å². The van der Waals surface area contributed by atoms with Crippen LogP contribution in [0.3, 0.4) is 0 Å². The predicted molar refractivity (Wildman–Crippen MR) is 132 cm³/mol. The highest BCUT2D eigenvalue weighted by atomic mass is 19.1. The molecule has 0 saturated carbocycles. The molecule has 1 N–H and O–H groups in total. The minimum Gasteiger partial charge on any atom is -0.495 e. The second-order valence-corrected chi connectivity index (χ2v) is 7.88. The van der Waals surface area contributed by atoms with E-state index in [2.05, 4.69) is 15.6 Å². The van der Waals surface area contributed by atoms with Gasteiger partial charge in [-0.3, -0.25) is 14.5 Å². The number of nitrogens with one attached hydrogen (secondary N) is 1. The first-order chi connectivity index (χ1) is 17.5. The van der Waals surface area contributed by atoms with E-state index in [1.54, 1.807) is 42.5 Å². The molecule has 1 heterocycles. The summed E-state index contributed by atoms with van der Waals surface area (Å²) in [5.41, 5.74) is 1.62. The van der Waals surface area contributed by atoms with Crippen LogP contribution in [0.25, 0.3) is 11.0 Å². The van der Waals surface area contributed by atoms with Crippen molar-refractivity contribution in [3.05, 3.63) is 84.2 Å². The van der Waals surface area contributed by atoms with E-state index in [0.29, 0.717) is 22.5 Å². The summed E-state index contributed by atoms with van der Waals surface area (Å²) in [7, 11) is 2.97. The SMILES string of the molecule is COCCNC(=O)[C@H](c1ccccc1F)N(C(=O)Cn1nnc2ccccc21)c1ccccc1OC. The summed E-state index contributed by atoms with van der Waals surface area (Å²) in [4.78, 5) is 28.7. The number of hydrogen-bond acceptors (Lipinski definition) is 6. The van der Waals surface area contributed by atoms with Crippen LogP contribution in [0.4, 0.5) is 10.1 Å². The van der Waals surface area contributed by atoms with Gasteiger partial charge in [-0.25, -0.2) is 9.07 Å². The summed E-state index contributed by atoms with van der Waals surface area (Å²) < 4.78 is 27.1. The topological polar surface area (TPSA) is 98.6 Å². The fraction of sp³-hybridized carbons (Fsp3) is 0.231. The average molecular weight is 492 g/mol. The number of anilines is 1. The lowest BCUT2D eigenvalue weighted by molar-refractivity contribution is -0.127. The standard InChI is InChI=1S/C26H26FN5O4/c1-35-16-15-28-26(34)25(18-9-3-4-10-19(18)27)32(22-13-7-8-14-23(22)36-2)24(33)17-31-21-12-6-5-11-20(21)29-30-31/h3-14,25H,15-17H2,1-2H3,(H,28,34)/t25-/m0/s1. The number of amides is 2. The number of halogens is 1. The van der Waals surface area contributed by atoms with Gasteiger partial charge in [0.25, 0.3) is 0 Å². The van der Waals surface area contributed by atoms with Crippen molar-refractivity contribution in [3.8, 4) is 5.75 Å². The molecule has 186 valence electrons. The Bertz CT molecular complexity index is 1360. The molecule has 10 heteroatoms. The van der Waals surface area contributed by atoms with Crippen LogP contribution < -0.4 is 15.0 Å². The summed E-state index contributed by atoms with van der Waals surface area (Å²) in [6.45, 7) is 0.195. The van der Waals surface area contributed by atoms with Crippen LogP contribution in [-0.4, -0.2) is 54.2 Å². The van der Waals surface area contributed by atoms with Gasteiger partial charge in [-0.05, 0) is 30.3 Å². The van der Waals surface area contributed by atoms with Crippen LogP contribution in [0.1, 0.15) is 11.6 Å². The average Bonchev–Trinajstić information content (AvgIpc) is 3.30. The maximum atomic E-state index is 15.1. The highest BCUT2D eigenvalue weighted by molar-refractivity contribution is 6.02. The van der Waals surface area contributed by atoms with Gasteiger partial charge in [0.15, 0.2) is 0 Å². The van der Waals surface area contributed by atoms with Crippen LogP contribution in [0.5, 0.6) is 5.75 Å². The minimum atomic E-state index is -1.33. The number of carbonyl (C=O) groups is 2. The Kier molecular flexibility index (Phi) is 7.86. The number of aromatic nitrogens is 3. The zero-order valence-electron chi connectivity index (χ0n) is 19.9. The molecule has 0 aliphatic heterocycles. The molecule has 4 aromatic rings. The molecule has 3 aromatic carbocycles. The Balaban J connectivity index is 1.83. The maximum absolute atomic E-state index is 15.1. The van der Waals surface area contributed by atoms with Crippen molar-refractivity contribution in [2.24, 2.45) is 0 Å². The number of para-hydroxylation sites is 3. The Morgan fingerprint density at radius 2 is 1.75 bits per heavy atom. The third kappa shape index (κ3) is 5.18. The lowest BCUT2D eigenvalue weighted by Gasteiger charge is -2.32. The van der Waals surface area contributed by atoms with E-state index < -0.39 is 23.7 Å². The smallest absolute Gasteiger partial charge is 0.249 e.